The van der Waals surface area contributed by atoms with Crippen LogP contribution in [0.2, 0.25) is 0 Å². The molecule has 2 aromatic carbocycles. The maximum Gasteiger partial charge on any atom is 0.341 e. The van der Waals surface area contributed by atoms with E-state index in [2.05, 4.69) is 10.1 Å². The molecule has 3 aromatic rings. The molecular formula is C21H19NO5. The largest absolute Gasteiger partial charge is 0.505 e. The summed E-state index contributed by atoms with van der Waals surface area (Å²) in [6.45, 7) is 0. The number of ether oxygens (including phenoxy) is 1. The van der Waals surface area contributed by atoms with Crippen LogP contribution in [0.25, 0.3) is 11.3 Å². The van der Waals surface area contributed by atoms with Crippen LogP contribution in [0.15, 0.2) is 65.1 Å². The molecule has 0 aliphatic rings. The second-order valence-corrected chi connectivity index (χ2v) is 5.87. The van der Waals surface area contributed by atoms with Gasteiger partial charge in [0.15, 0.2) is 5.75 Å². The van der Waals surface area contributed by atoms with Gasteiger partial charge in [0.05, 0.1) is 12.8 Å². The zero-order valence-corrected chi connectivity index (χ0v) is 14.8. The predicted molar refractivity (Wildman–Crippen MR) is 101 cm³/mol. The molecule has 6 heteroatoms. The quantitative estimate of drug-likeness (QED) is 0.509. The highest BCUT2D eigenvalue weighted by atomic mass is 16.5. The Labute approximate surface area is 156 Å². The molecule has 3 rings (SSSR count). The van der Waals surface area contributed by atoms with Gasteiger partial charge in [0.25, 0.3) is 0 Å². The van der Waals surface area contributed by atoms with Crippen LogP contribution >= 0.6 is 0 Å². The normalized spacial score (nSPS) is 10.4. The van der Waals surface area contributed by atoms with Gasteiger partial charge in [-0.25, -0.2) is 4.79 Å². The molecule has 0 aliphatic heterocycles. The summed E-state index contributed by atoms with van der Waals surface area (Å²) in [6, 6.07) is 17.9. The molecule has 27 heavy (non-hydrogen) atoms. The first-order chi connectivity index (χ1) is 13.1. The van der Waals surface area contributed by atoms with Crippen LogP contribution in [0.1, 0.15) is 22.5 Å². The van der Waals surface area contributed by atoms with Gasteiger partial charge in [-0.1, -0.05) is 36.4 Å². The van der Waals surface area contributed by atoms with E-state index in [0.717, 1.165) is 11.3 Å². The third kappa shape index (κ3) is 4.36. The van der Waals surface area contributed by atoms with Gasteiger partial charge < -0.3 is 19.6 Å². The van der Waals surface area contributed by atoms with Crippen LogP contribution in [-0.4, -0.2) is 24.1 Å². The van der Waals surface area contributed by atoms with E-state index in [1.807, 2.05) is 42.5 Å². The summed E-state index contributed by atoms with van der Waals surface area (Å²) in [5.41, 5.74) is 1.12. The Morgan fingerprint density at radius 3 is 2.56 bits per heavy atom. The van der Waals surface area contributed by atoms with Crippen molar-refractivity contribution in [3.63, 3.8) is 0 Å². The minimum Gasteiger partial charge on any atom is -0.505 e. The number of rotatable bonds is 6. The zero-order valence-electron chi connectivity index (χ0n) is 14.8. The molecular weight excluding hydrogens is 346 g/mol. The summed E-state index contributed by atoms with van der Waals surface area (Å²) in [5, 5.41) is 12.7. The molecule has 6 nitrogen and oxygen atoms in total. The molecule has 0 spiro atoms. The van der Waals surface area contributed by atoms with Gasteiger partial charge in [-0.3, -0.25) is 4.79 Å². The number of methoxy groups -OCH3 is 1. The topological polar surface area (TPSA) is 88.8 Å². The van der Waals surface area contributed by atoms with Gasteiger partial charge in [-0.05, 0) is 24.3 Å². The maximum absolute atomic E-state index is 12.2. The average molecular weight is 365 g/mol. The molecule has 1 aromatic heterocycles. The Hall–Kier alpha value is -3.54. The number of aryl methyl sites for hydroxylation is 1. The lowest BCUT2D eigenvalue weighted by molar-refractivity contribution is -0.116. The summed E-state index contributed by atoms with van der Waals surface area (Å²) >= 11 is 0. The van der Waals surface area contributed by atoms with Crippen molar-refractivity contribution < 1.29 is 23.8 Å². The van der Waals surface area contributed by atoms with E-state index in [9.17, 15) is 14.7 Å². The van der Waals surface area contributed by atoms with E-state index in [4.69, 9.17) is 4.42 Å². The lowest BCUT2D eigenvalue weighted by Crippen LogP contribution is -2.13. The van der Waals surface area contributed by atoms with Crippen molar-refractivity contribution in [2.45, 2.75) is 12.8 Å². The van der Waals surface area contributed by atoms with Gasteiger partial charge in [0.1, 0.15) is 17.1 Å². The Bertz CT molecular complexity index is 946. The van der Waals surface area contributed by atoms with E-state index in [1.54, 1.807) is 6.07 Å². The van der Waals surface area contributed by atoms with Gasteiger partial charge in [0, 0.05) is 18.4 Å². The number of carbonyl (C=O) groups excluding carboxylic acids is 2. The van der Waals surface area contributed by atoms with E-state index in [0.29, 0.717) is 12.2 Å². The van der Waals surface area contributed by atoms with Crippen LogP contribution in [0.4, 0.5) is 5.69 Å². The fraction of sp³-hybridized carbons (Fsp3) is 0.143. The summed E-state index contributed by atoms with van der Waals surface area (Å²) < 4.78 is 10.4. The van der Waals surface area contributed by atoms with Crippen LogP contribution in [-0.2, 0) is 16.0 Å². The van der Waals surface area contributed by atoms with Crippen molar-refractivity contribution in [1.29, 1.82) is 0 Å². The SMILES string of the molecule is COC(=O)c1cccc(NC(=O)CCc2ccc(-c3ccccc3)o2)c1O. The number of furan rings is 1. The fourth-order valence-corrected chi connectivity index (χ4v) is 2.64. The van der Waals surface area contributed by atoms with Gasteiger partial charge in [-0.15, -0.1) is 0 Å². The number of hydrogen-bond donors (Lipinski definition) is 2. The van der Waals surface area contributed by atoms with E-state index in [-0.39, 0.29) is 29.3 Å². The molecule has 0 unspecified atom stereocenters. The molecule has 0 fully saturated rings. The highest BCUT2D eigenvalue weighted by Gasteiger charge is 2.16. The van der Waals surface area contributed by atoms with Gasteiger partial charge in [0.2, 0.25) is 5.91 Å². The number of esters is 1. The third-order valence-electron chi connectivity index (χ3n) is 4.03. The second-order valence-electron chi connectivity index (χ2n) is 5.87. The predicted octanol–water partition coefficient (Wildman–Crippen LogP) is 4.01. The van der Waals surface area contributed by atoms with E-state index >= 15 is 0 Å². The first-order valence-electron chi connectivity index (χ1n) is 8.42. The maximum atomic E-state index is 12.2. The minimum atomic E-state index is -0.673. The number of benzene rings is 2. The Morgan fingerprint density at radius 1 is 1.04 bits per heavy atom. The molecule has 0 bridgehead atoms. The van der Waals surface area contributed by atoms with Crippen LogP contribution in [0.5, 0.6) is 5.75 Å². The number of amides is 1. The molecule has 1 amide bonds. The van der Waals surface area contributed by atoms with E-state index < -0.39 is 5.97 Å². The van der Waals surface area contributed by atoms with Crippen molar-refractivity contribution in [2.24, 2.45) is 0 Å². The van der Waals surface area contributed by atoms with Crippen LogP contribution in [0, 0.1) is 0 Å². The average Bonchev–Trinajstić information content (AvgIpc) is 3.17. The number of hydrogen-bond acceptors (Lipinski definition) is 5. The third-order valence-corrected chi connectivity index (χ3v) is 4.03. The highest BCUT2D eigenvalue weighted by Crippen LogP contribution is 2.28. The number of carbonyl (C=O) groups is 2. The highest BCUT2D eigenvalue weighted by molar-refractivity contribution is 5.98. The smallest absolute Gasteiger partial charge is 0.341 e. The van der Waals surface area contributed by atoms with Gasteiger partial charge >= 0.3 is 5.97 Å². The molecule has 0 aliphatic carbocycles. The molecule has 2 N–H and O–H groups in total. The van der Waals surface area contributed by atoms with Crippen LogP contribution < -0.4 is 5.32 Å². The van der Waals surface area contributed by atoms with Crippen molar-refractivity contribution >= 4 is 17.6 Å². The zero-order chi connectivity index (χ0) is 19.2. The first-order valence-corrected chi connectivity index (χ1v) is 8.42. The number of nitrogens with one attached hydrogen (secondary N) is 1. The molecule has 1 heterocycles. The number of phenols is 1. The van der Waals surface area contributed by atoms with Crippen molar-refractivity contribution in [3.8, 4) is 17.1 Å². The molecule has 0 saturated heterocycles. The molecule has 0 radical (unpaired) electrons. The lowest BCUT2D eigenvalue weighted by Gasteiger charge is -2.09. The summed E-state index contributed by atoms with van der Waals surface area (Å²) in [7, 11) is 1.22. The first kappa shape index (κ1) is 18.3. The second kappa shape index (κ2) is 8.23. The van der Waals surface area contributed by atoms with Gasteiger partial charge in [-0.2, -0.15) is 0 Å². The summed E-state index contributed by atoms with van der Waals surface area (Å²) in [4.78, 5) is 23.8. The minimum absolute atomic E-state index is 0.00571. The number of para-hydroxylation sites is 1. The molecule has 0 saturated carbocycles. The summed E-state index contributed by atoms with van der Waals surface area (Å²) in [5.74, 6) is 0.144. The molecule has 138 valence electrons. The molecule has 0 atom stereocenters. The Kier molecular flexibility index (Phi) is 5.56. The standard InChI is InChI=1S/C21H19NO5/c1-26-21(25)16-8-5-9-17(20(16)24)22-19(23)13-11-15-10-12-18(27-15)14-6-3-2-4-7-14/h2-10,12,24H,11,13H2,1H3,(H,22,23). The Balaban J connectivity index is 1.61. The van der Waals surface area contributed by atoms with Crippen molar-refractivity contribution in [2.75, 3.05) is 12.4 Å². The summed E-state index contributed by atoms with van der Waals surface area (Å²) in [6.07, 6.45) is 0.583. The van der Waals surface area contributed by atoms with Crippen molar-refractivity contribution in [3.05, 3.63) is 72.0 Å². The number of anilines is 1. The van der Waals surface area contributed by atoms with Crippen molar-refractivity contribution in [1.82, 2.24) is 0 Å². The number of phenolic OH excluding ortho intramolecular Hbond substituents is 1. The fourth-order valence-electron chi connectivity index (χ4n) is 2.64. The lowest BCUT2D eigenvalue weighted by atomic mass is 10.1. The van der Waals surface area contributed by atoms with E-state index in [1.165, 1.54) is 19.2 Å². The monoisotopic (exact) mass is 365 g/mol. The number of aromatic hydroxyl groups is 1. The van der Waals surface area contributed by atoms with Crippen LogP contribution in [0.3, 0.4) is 0 Å². The Morgan fingerprint density at radius 2 is 1.81 bits per heavy atom.